The molecule has 3 rings (SSSR count). The number of carbonyl (C=O) groups is 2. The normalized spacial score (nSPS) is 29.8. The molecule has 2 amide bonds. The lowest BCUT2D eigenvalue weighted by molar-refractivity contribution is -0.126. The van der Waals surface area contributed by atoms with Crippen LogP contribution in [0.5, 0.6) is 0 Å². The van der Waals surface area contributed by atoms with E-state index < -0.39 is 0 Å². The number of hydrogen-bond acceptors (Lipinski definition) is 3. The van der Waals surface area contributed by atoms with E-state index in [0.29, 0.717) is 18.4 Å². The first-order valence-electron chi connectivity index (χ1n) is 10.0. The van der Waals surface area contributed by atoms with E-state index in [-0.39, 0.29) is 36.2 Å². The van der Waals surface area contributed by atoms with E-state index in [1.807, 2.05) is 0 Å². The summed E-state index contributed by atoms with van der Waals surface area (Å²) in [4.78, 5) is 24.4. The summed E-state index contributed by atoms with van der Waals surface area (Å²) in [5.41, 5.74) is 0. The molecular weight excluding hydrogens is 338 g/mol. The van der Waals surface area contributed by atoms with E-state index in [2.05, 4.69) is 16.0 Å². The molecule has 1 saturated heterocycles. The fourth-order valence-electron chi connectivity index (χ4n) is 4.56. The predicted molar refractivity (Wildman–Crippen MR) is 102 cm³/mol. The van der Waals surface area contributed by atoms with E-state index in [1.54, 1.807) is 0 Å². The Kier molecular flexibility index (Phi) is 8.50. The molecule has 144 valence electrons. The molecule has 0 radical (unpaired) electrons. The van der Waals surface area contributed by atoms with Gasteiger partial charge in [-0.25, -0.2) is 0 Å². The van der Waals surface area contributed by atoms with E-state index in [9.17, 15) is 9.59 Å². The molecule has 3 N–H and O–H groups in total. The molecule has 0 aromatic carbocycles. The van der Waals surface area contributed by atoms with Crippen LogP contribution in [0.1, 0.15) is 70.6 Å². The maximum Gasteiger partial charge on any atom is 0.223 e. The van der Waals surface area contributed by atoms with Gasteiger partial charge in [-0.15, -0.1) is 12.4 Å². The summed E-state index contributed by atoms with van der Waals surface area (Å²) in [5, 5.41) is 9.72. The van der Waals surface area contributed by atoms with Gasteiger partial charge in [0.25, 0.3) is 0 Å². The van der Waals surface area contributed by atoms with Gasteiger partial charge < -0.3 is 16.0 Å². The topological polar surface area (TPSA) is 70.2 Å². The van der Waals surface area contributed by atoms with Gasteiger partial charge in [-0.05, 0) is 63.8 Å². The summed E-state index contributed by atoms with van der Waals surface area (Å²) >= 11 is 0. The summed E-state index contributed by atoms with van der Waals surface area (Å²) in [7, 11) is 0. The van der Waals surface area contributed by atoms with Gasteiger partial charge in [0.2, 0.25) is 11.8 Å². The van der Waals surface area contributed by atoms with Crippen molar-refractivity contribution in [3.8, 4) is 0 Å². The second kappa shape index (κ2) is 10.4. The van der Waals surface area contributed by atoms with Crippen LogP contribution in [-0.4, -0.2) is 37.0 Å². The largest absolute Gasteiger partial charge is 0.354 e. The van der Waals surface area contributed by atoms with Gasteiger partial charge in [0.1, 0.15) is 0 Å². The Bertz CT molecular complexity index is 426. The van der Waals surface area contributed by atoms with Gasteiger partial charge in [0, 0.05) is 31.0 Å². The summed E-state index contributed by atoms with van der Waals surface area (Å²) < 4.78 is 0. The fourth-order valence-corrected chi connectivity index (χ4v) is 4.56. The SMILES string of the molecule is Cl.O=C(CC1CCCC1)NC1CCC(C(=O)NCC2CCCN2)CC1. The summed E-state index contributed by atoms with van der Waals surface area (Å²) in [6.45, 7) is 1.84. The van der Waals surface area contributed by atoms with Gasteiger partial charge >= 0.3 is 0 Å². The molecule has 0 bridgehead atoms. The zero-order valence-electron chi connectivity index (χ0n) is 15.2. The van der Waals surface area contributed by atoms with Crippen molar-refractivity contribution in [3.63, 3.8) is 0 Å². The van der Waals surface area contributed by atoms with Gasteiger partial charge in [0.05, 0.1) is 0 Å². The van der Waals surface area contributed by atoms with Crippen LogP contribution >= 0.6 is 12.4 Å². The zero-order chi connectivity index (χ0) is 16.8. The molecule has 3 aliphatic rings. The van der Waals surface area contributed by atoms with Crippen LogP contribution in [0.15, 0.2) is 0 Å². The number of rotatable bonds is 6. The zero-order valence-corrected chi connectivity index (χ0v) is 16.0. The number of amides is 2. The summed E-state index contributed by atoms with van der Waals surface area (Å²) in [5.74, 6) is 1.17. The molecule has 5 nitrogen and oxygen atoms in total. The number of halogens is 1. The number of nitrogens with one attached hydrogen (secondary N) is 3. The standard InChI is InChI=1S/C19H33N3O2.ClH/c23-18(12-14-4-1-2-5-14)22-16-9-7-15(8-10-16)19(24)21-13-17-6-3-11-20-17;/h14-17,20H,1-13H2,(H,21,24)(H,22,23);1H. The Hall–Kier alpha value is -0.810. The molecule has 0 aromatic rings. The van der Waals surface area contributed by atoms with Crippen molar-refractivity contribution in [2.45, 2.75) is 82.7 Å². The van der Waals surface area contributed by atoms with Crippen molar-refractivity contribution < 1.29 is 9.59 Å². The minimum absolute atomic E-state index is 0. The third-order valence-corrected chi connectivity index (χ3v) is 6.10. The second-order valence-corrected chi connectivity index (χ2v) is 8.01. The smallest absolute Gasteiger partial charge is 0.223 e. The van der Waals surface area contributed by atoms with Crippen LogP contribution in [-0.2, 0) is 9.59 Å². The van der Waals surface area contributed by atoms with Gasteiger partial charge in [-0.3, -0.25) is 9.59 Å². The van der Waals surface area contributed by atoms with Crippen molar-refractivity contribution in [2.75, 3.05) is 13.1 Å². The molecule has 1 unspecified atom stereocenters. The first kappa shape index (κ1) is 20.5. The Labute approximate surface area is 157 Å². The van der Waals surface area contributed by atoms with Crippen LogP contribution in [0.25, 0.3) is 0 Å². The van der Waals surface area contributed by atoms with Gasteiger partial charge in [0.15, 0.2) is 0 Å². The first-order chi connectivity index (χ1) is 11.7. The third-order valence-electron chi connectivity index (χ3n) is 6.10. The lowest BCUT2D eigenvalue weighted by Crippen LogP contribution is -2.43. The number of hydrogen-bond donors (Lipinski definition) is 3. The average molecular weight is 372 g/mol. The summed E-state index contributed by atoms with van der Waals surface area (Å²) in [6, 6.07) is 0.736. The first-order valence-corrected chi connectivity index (χ1v) is 10.0. The van der Waals surface area contributed by atoms with Crippen molar-refractivity contribution >= 4 is 24.2 Å². The van der Waals surface area contributed by atoms with E-state index >= 15 is 0 Å². The lowest BCUT2D eigenvalue weighted by Gasteiger charge is -2.29. The van der Waals surface area contributed by atoms with Crippen LogP contribution in [0, 0.1) is 11.8 Å². The average Bonchev–Trinajstić information content (AvgIpc) is 3.27. The van der Waals surface area contributed by atoms with Crippen molar-refractivity contribution in [1.29, 1.82) is 0 Å². The molecule has 3 fully saturated rings. The van der Waals surface area contributed by atoms with Crippen molar-refractivity contribution in [1.82, 2.24) is 16.0 Å². The van der Waals surface area contributed by atoms with Gasteiger partial charge in [-0.2, -0.15) is 0 Å². The highest BCUT2D eigenvalue weighted by atomic mass is 35.5. The molecule has 2 saturated carbocycles. The minimum Gasteiger partial charge on any atom is -0.354 e. The van der Waals surface area contributed by atoms with Crippen LogP contribution in [0.3, 0.4) is 0 Å². The second-order valence-electron chi connectivity index (χ2n) is 8.01. The lowest BCUT2D eigenvalue weighted by atomic mass is 9.85. The highest BCUT2D eigenvalue weighted by Crippen LogP contribution is 2.28. The van der Waals surface area contributed by atoms with Crippen LogP contribution in [0.4, 0.5) is 0 Å². The van der Waals surface area contributed by atoms with Crippen molar-refractivity contribution in [3.05, 3.63) is 0 Å². The van der Waals surface area contributed by atoms with Crippen molar-refractivity contribution in [2.24, 2.45) is 11.8 Å². The maximum absolute atomic E-state index is 12.3. The maximum atomic E-state index is 12.3. The molecule has 1 heterocycles. The minimum atomic E-state index is 0. The third kappa shape index (κ3) is 6.45. The molecule has 1 aliphatic heterocycles. The molecule has 2 aliphatic carbocycles. The molecule has 25 heavy (non-hydrogen) atoms. The predicted octanol–water partition coefficient (Wildman–Crippen LogP) is 2.53. The molecule has 0 aromatic heterocycles. The highest BCUT2D eigenvalue weighted by Gasteiger charge is 2.28. The van der Waals surface area contributed by atoms with Gasteiger partial charge in [-0.1, -0.05) is 12.8 Å². The Morgan fingerprint density at radius 2 is 1.64 bits per heavy atom. The Morgan fingerprint density at radius 3 is 2.28 bits per heavy atom. The quantitative estimate of drug-likeness (QED) is 0.672. The molecule has 1 atom stereocenters. The van der Waals surface area contributed by atoms with E-state index in [0.717, 1.165) is 38.8 Å². The Balaban J connectivity index is 0.00000225. The fraction of sp³-hybridized carbons (Fsp3) is 0.895. The summed E-state index contributed by atoms with van der Waals surface area (Å²) in [6.07, 6.45) is 11.8. The molecular formula is C19H34ClN3O2. The van der Waals surface area contributed by atoms with Crippen LogP contribution in [0.2, 0.25) is 0 Å². The Morgan fingerprint density at radius 1 is 0.920 bits per heavy atom. The molecule has 6 heteroatoms. The van der Waals surface area contributed by atoms with Crippen LogP contribution < -0.4 is 16.0 Å². The number of carbonyl (C=O) groups excluding carboxylic acids is 2. The highest BCUT2D eigenvalue weighted by molar-refractivity contribution is 5.85. The molecule has 0 spiro atoms. The van der Waals surface area contributed by atoms with E-state index in [1.165, 1.54) is 38.5 Å². The monoisotopic (exact) mass is 371 g/mol. The van der Waals surface area contributed by atoms with E-state index in [4.69, 9.17) is 0 Å².